The summed E-state index contributed by atoms with van der Waals surface area (Å²) < 4.78 is 38.5. The molecule has 0 N–H and O–H groups in total. The van der Waals surface area contributed by atoms with Crippen LogP contribution >= 0.6 is 15.9 Å². The van der Waals surface area contributed by atoms with Crippen molar-refractivity contribution in [3.63, 3.8) is 0 Å². The number of aryl methyl sites for hydroxylation is 1. The molecule has 74 valence electrons. The van der Waals surface area contributed by atoms with E-state index < -0.39 is 12.1 Å². The molecule has 13 heavy (non-hydrogen) atoms. The maximum atomic E-state index is 12.3. The number of nitrogens with zero attached hydrogens (tertiary/aromatic N) is 2. The van der Waals surface area contributed by atoms with Gasteiger partial charge in [-0.1, -0.05) is 0 Å². The van der Waals surface area contributed by atoms with E-state index in [1.54, 1.807) is 0 Å². The van der Waals surface area contributed by atoms with Crippen LogP contribution in [0.5, 0.6) is 0 Å². The molecule has 1 atom stereocenters. The van der Waals surface area contributed by atoms with Crippen molar-refractivity contribution in [1.29, 1.82) is 0 Å². The van der Waals surface area contributed by atoms with E-state index >= 15 is 0 Å². The summed E-state index contributed by atoms with van der Waals surface area (Å²) in [5.41, 5.74) is 0.146. The number of hydrogen-bond acceptors (Lipinski definition) is 1. The first-order valence-electron chi connectivity index (χ1n) is 3.58. The van der Waals surface area contributed by atoms with Crippen molar-refractivity contribution in [3.8, 4) is 0 Å². The molecule has 0 aromatic carbocycles. The number of alkyl halides is 3. The molecule has 1 rings (SSSR count). The van der Waals surface area contributed by atoms with E-state index in [-0.39, 0.29) is 5.69 Å². The Balaban J connectivity index is 3.08. The Morgan fingerprint density at radius 1 is 1.54 bits per heavy atom. The largest absolute Gasteiger partial charge is 0.397 e. The van der Waals surface area contributed by atoms with Crippen LogP contribution in [0, 0.1) is 0 Å². The van der Waals surface area contributed by atoms with Crippen LogP contribution in [-0.2, 0) is 7.05 Å². The van der Waals surface area contributed by atoms with Gasteiger partial charge in [0.25, 0.3) is 0 Å². The third-order valence-electron chi connectivity index (χ3n) is 1.84. The summed E-state index contributed by atoms with van der Waals surface area (Å²) in [5.74, 6) is -1.51. The van der Waals surface area contributed by atoms with Gasteiger partial charge in [0.1, 0.15) is 0 Å². The molecule has 0 spiro atoms. The van der Waals surface area contributed by atoms with Crippen LogP contribution in [0.1, 0.15) is 18.5 Å². The molecule has 6 heteroatoms. The lowest BCUT2D eigenvalue weighted by molar-refractivity contribution is -0.147. The van der Waals surface area contributed by atoms with Crippen LogP contribution in [0.25, 0.3) is 0 Å². The minimum Gasteiger partial charge on any atom is -0.271 e. The zero-order chi connectivity index (χ0) is 10.2. The minimum absolute atomic E-state index is 0.146. The molecule has 0 saturated heterocycles. The summed E-state index contributed by atoms with van der Waals surface area (Å²) in [4.78, 5) is 0. The van der Waals surface area contributed by atoms with E-state index in [4.69, 9.17) is 0 Å². The predicted octanol–water partition coefficient (Wildman–Crippen LogP) is 2.85. The third kappa shape index (κ3) is 2.04. The van der Waals surface area contributed by atoms with E-state index in [9.17, 15) is 13.2 Å². The molecule has 0 aliphatic rings. The third-order valence-corrected chi connectivity index (χ3v) is 2.45. The van der Waals surface area contributed by atoms with E-state index in [0.29, 0.717) is 4.47 Å². The van der Waals surface area contributed by atoms with Crippen LogP contribution in [-0.4, -0.2) is 16.0 Å². The quantitative estimate of drug-likeness (QED) is 0.756. The average molecular weight is 257 g/mol. The molecule has 0 amide bonds. The minimum atomic E-state index is -4.23. The molecule has 1 aromatic rings. The summed E-state index contributed by atoms with van der Waals surface area (Å²) in [5, 5.41) is 3.72. The van der Waals surface area contributed by atoms with Crippen molar-refractivity contribution >= 4 is 15.9 Å². The van der Waals surface area contributed by atoms with Crippen molar-refractivity contribution in [3.05, 3.63) is 16.4 Å². The highest BCUT2D eigenvalue weighted by Crippen LogP contribution is 2.36. The summed E-state index contributed by atoms with van der Waals surface area (Å²) >= 11 is 3.03. The van der Waals surface area contributed by atoms with Gasteiger partial charge in [-0.25, -0.2) is 0 Å². The van der Waals surface area contributed by atoms with Gasteiger partial charge in [0.2, 0.25) is 0 Å². The van der Waals surface area contributed by atoms with Crippen molar-refractivity contribution in [2.45, 2.75) is 19.0 Å². The lowest BCUT2D eigenvalue weighted by Gasteiger charge is -2.16. The van der Waals surface area contributed by atoms with Crippen LogP contribution in [0.4, 0.5) is 13.2 Å². The second-order valence-electron chi connectivity index (χ2n) is 2.76. The molecule has 1 aromatic heterocycles. The Morgan fingerprint density at radius 3 is 2.38 bits per heavy atom. The molecule has 0 saturated carbocycles. The summed E-state index contributed by atoms with van der Waals surface area (Å²) in [7, 11) is 1.49. The number of hydrogen-bond donors (Lipinski definition) is 0. The lowest BCUT2D eigenvalue weighted by Crippen LogP contribution is -2.20. The number of aromatic nitrogens is 2. The van der Waals surface area contributed by atoms with Gasteiger partial charge in [-0.05, 0) is 22.9 Å². The Bertz CT molecular complexity index is 286. The highest BCUT2D eigenvalue weighted by molar-refractivity contribution is 9.10. The summed E-state index contributed by atoms with van der Waals surface area (Å²) in [6.45, 7) is 1.11. The normalized spacial score (nSPS) is 14.6. The lowest BCUT2D eigenvalue weighted by atomic mass is 10.1. The Morgan fingerprint density at radius 2 is 2.08 bits per heavy atom. The smallest absolute Gasteiger partial charge is 0.271 e. The molecular formula is C7H8BrF3N2. The molecule has 0 radical (unpaired) electrons. The van der Waals surface area contributed by atoms with Crippen molar-refractivity contribution < 1.29 is 13.2 Å². The van der Waals surface area contributed by atoms with Gasteiger partial charge in [-0.3, -0.25) is 4.68 Å². The van der Waals surface area contributed by atoms with Gasteiger partial charge in [-0.15, -0.1) is 0 Å². The Labute approximate surface area is 81.9 Å². The van der Waals surface area contributed by atoms with Gasteiger partial charge in [0.05, 0.1) is 22.3 Å². The molecule has 0 aliphatic carbocycles. The second kappa shape index (κ2) is 3.32. The molecule has 1 unspecified atom stereocenters. The zero-order valence-corrected chi connectivity index (χ0v) is 8.65. The Kier molecular flexibility index (Phi) is 2.70. The summed E-state index contributed by atoms with van der Waals surface area (Å²) in [6, 6.07) is 0. The first-order valence-corrected chi connectivity index (χ1v) is 4.37. The van der Waals surface area contributed by atoms with Crippen LogP contribution in [0.15, 0.2) is 10.7 Å². The topological polar surface area (TPSA) is 17.8 Å². The molecule has 1 heterocycles. The van der Waals surface area contributed by atoms with E-state index in [1.165, 1.54) is 17.9 Å². The zero-order valence-electron chi connectivity index (χ0n) is 7.06. The van der Waals surface area contributed by atoms with Gasteiger partial charge in [0.15, 0.2) is 0 Å². The molecule has 0 bridgehead atoms. The predicted molar refractivity (Wildman–Crippen MR) is 45.4 cm³/mol. The van der Waals surface area contributed by atoms with Crippen molar-refractivity contribution in [2.24, 2.45) is 7.05 Å². The van der Waals surface area contributed by atoms with E-state index in [1.807, 2.05) is 0 Å². The monoisotopic (exact) mass is 256 g/mol. The van der Waals surface area contributed by atoms with Gasteiger partial charge in [-0.2, -0.15) is 18.3 Å². The second-order valence-corrected chi connectivity index (χ2v) is 3.62. The van der Waals surface area contributed by atoms with E-state index in [2.05, 4.69) is 21.0 Å². The first kappa shape index (κ1) is 10.6. The highest BCUT2D eigenvalue weighted by atomic mass is 79.9. The van der Waals surface area contributed by atoms with Gasteiger partial charge < -0.3 is 0 Å². The Hall–Kier alpha value is -0.520. The molecular weight excluding hydrogens is 249 g/mol. The average Bonchev–Trinajstić information content (AvgIpc) is 2.28. The molecule has 0 aliphatic heterocycles. The highest BCUT2D eigenvalue weighted by Gasteiger charge is 2.39. The standard InChI is InChI=1S/C7H8BrF3N2/c1-4(7(9,10)11)6-5(8)3-12-13(6)2/h3-4H,1-2H3. The molecule has 0 fully saturated rings. The van der Waals surface area contributed by atoms with Crippen molar-refractivity contribution in [1.82, 2.24) is 9.78 Å². The van der Waals surface area contributed by atoms with Crippen LogP contribution < -0.4 is 0 Å². The van der Waals surface area contributed by atoms with E-state index in [0.717, 1.165) is 6.92 Å². The fraction of sp³-hybridized carbons (Fsp3) is 0.571. The van der Waals surface area contributed by atoms with Crippen LogP contribution in [0.3, 0.4) is 0 Å². The maximum Gasteiger partial charge on any atom is 0.397 e. The van der Waals surface area contributed by atoms with Crippen LogP contribution in [0.2, 0.25) is 0 Å². The molecule has 2 nitrogen and oxygen atoms in total. The number of halogens is 4. The fourth-order valence-corrected chi connectivity index (χ4v) is 1.75. The van der Waals surface area contributed by atoms with Gasteiger partial charge >= 0.3 is 6.18 Å². The first-order chi connectivity index (χ1) is 5.84. The fourth-order valence-electron chi connectivity index (χ4n) is 1.06. The van der Waals surface area contributed by atoms with Gasteiger partial charge in [0, 0.05) is 7.05 Å². The summed E-state index contributed by atoms with van der Waals surface area (Å²) in [6.07, 6.45) is -2.87. The van der Waals surface area contributed by atoms with Crippen molar-refractivity contribution in [2.75, 3.05) is 0 Å². The maximum absolute atomic E-state index is 12.3. The number of rotatable bonds is 1. The SMILES string of the molecule is CC(c1c(Br)cnn1C)C(F)(F)F.